The summed E-state index contributed by atoms with van der Waals surface area (Å²) in [4.78, 5) is 0. The van der Waals surface area contributed by atoms with E-state index in [9.17, 15) is 0 Å². The number of allylic oxidation sites excluding steroid dienone is 6. The normalized spacial score (nSPS) is 12.9. The first-order valence-electron chi connectivity index (χ1n) is 4.74. The second-order valence-electron chi connectivity index (χ2n) is 2.95. The summed E-state index contributed by atoms with van der Waals surface area (Å²) >= 11 is 0. The van der Waals surface area contributed by atoms with Gasteiger partial charge in [-0.3, -0.25) is 0 Å². The quantitative estimate of drug-likeness (QED) is 0.445. The Labute approximate surface area is 89.0 Å². The molecule has 0 aliphatic rings. The fourth-order valence-corrected chi connectivity index (χ4v) is 1.20. The Kier molecular flexibility index (Phi) is 10.6. The molecule has 78 valence electrons. The molecular weight excluding hydrogens is 168 g/mol. The van der Waals surface area contributed by atoms with Crippen LogP contribution in [0, 0.1) is 5.92 Å². The van der Waals surface area contributed by atoms with Crippen LogP contribution in [0.2, 0.25) is 0 Å². The van der Waals surface area contributed by atoms with Crippen LogP contribution < -0.4 is 0 Å². The van der Waals surface area contributed by atoms with Crippen LogP contribution in [0.1, 0.15) is 20.8 Å². The van der Waals surface area contributed by atoms with Gasteiger partial charge in [-0.05, 0) is 25.3 Å². The van der Waals surface area contributed by atoms with E-state index in [4.69, 9.17) is 0 Å². The second kappa shape index (κ2) is 9.79. The largest absolute Gasteiger partial charge is 0.106 e. The van der Waals surface area contributed by atoms with Gasteiger partial charge in [0, 0.05) is 0 Å². The predicted molar refractivity (Wildman–Crippen MR) is 68.3 cm³/mol. The highest BCUT2D eigenvalue weighted by Gasteiger charge is 2.03. The average Bonchev–Trinajstić information content (AvgIpc) is 2.17. The number of rotatable bonds is 4. The Bertz CT molecular complexity index is 228. The maximum absolute atomic E-state index is 3.93. The molecule has 0 fully saturated rings. The van der Waals surface area contributed by atoms with Gasteiger partial charge in [0.2, 0.25) is 0 Å². The molecule has 14 heavy (non-hydrogen) atoms. The van der Waals surface area contributed by atoms with Crippen molar-refractivity contribution >= 4 is 0 Å². The third-order valence-electron chi connectivity index (χ3n) is 1.76. The van der Waals surface area contributed by atoms with Crippen LogP contribution in [0.3, 0.4) is 0 Å². The van der Waals surface area contributed by atoms with Crippen LogP contribution in [0.5, 0.6) is 0 Å². The van der Waals surface area contributed by atoms with Gasteiger partial charge in [0.25, 0.3) is 0 Å². The van der Waals surface area contributed by atoms with Crippen molar-refractivity contribution in [1.82, 2.24) is 0 Å². The van der Waals surface area contributed by atoms with Crippen molar-refractivity contribution in [2.45, 2.75) is 20.8 Å². The molecule has 0 heteroatoms. The zero-order valence-corrected chi connectivity index (χ0v) is 9.72. The molecule has 0 aromatic carbocycles. The Balaban J connectivity index is 0. The van der Waals surface area contributed by atoms with Crippen molar-refractivity contribution in [2.75, 3.05) is 0 Å². The van der Waals surface area contributed by atoms with Crippen LogP contribution >= 0.6 is 0 Å². The van der Waals surface area contributed by atoms with E-state index in [0.717, 1.165) is 5.57 Å². The van der Waals surface area contributed by atoms with Gasteiger partial charge < -0.3 is 0 Å². The molecule has 0 aliphatic carbocycles. The Morgan fingerprint density at radius 3 is 2.07 bits per heavy atom. The average molecular weight is 190 g/mol. The van der Waals surface area contributed by atoms with E-state index in [0.29, 0.717) is 5.92 Å². The second-order valence-corrected chi connectivity index (χ2v) is 2.95. The van der Waals surface area contributed by atoms with Crippen LogP contribution in [0.4, 0.5) is 0 Å². The van der Waals surface area contributed by atoms with E-state index in [1.165, 1.54) is 5.57 Å². The summed E-state index contributed by atoms with van der Waals surface area (Å²) < 4.78 is 0. The van der Waals surface area contributed by atoms with Crippen LogP contribution in [0.15, 0.2) is 61.8 Å². The van der Waals surface area contributed by atoms with E-state index in [1.807, 2.05) is 26.0 Å². The van der Waals surface area contributed by atoms with Gasteiger partial charge >= 0.3 is 0 Å². The standard InChI is InChI=1S/C12H18.C2H4/c1-6-8-11(5)12(9-7-2)10(3)4;1-2/h6-9,11H,2-3H2,1,4-5H3;1-2H2/b8-6?,12-9-;. The molecule has 1 unspecified atom stereocenters. The molecule has 0 N–H and O–H groups in total. The van der Waals surface area contributed by atoms with E-state index < -0.39 is 0 Å². The summed E-state index contributed by atoms with van der Waals surface area (Å²) in [6, 6.07) is 0. The predicted octanol–water partition coefficient (Wildman–Crippen LogP) is 4.69. The third-order valence-corrected chi connectivity index (χ3v) is 1.76. The SMILES string of the molecule is C=C.C=C/C=C(/C(=C)C)C(C)C=CC. The van der Waals surface area contributed by atoms with E-state index in [2.05, 4.69) is 45.4 Å². The first kappa shape index (κ1) is 15.2. The lowest BCUT2D eigenvalue weighted by atomic mass is 9.95. The molecular formula is C14H22. The van der Waals surface area contributed by atoms with Crippen molar-refractivity contribution in [3.8, 4) is 0 Å². The van der Waals surface area contributed by atoms with Gasteiger partial charge in [0.15, 0.2) is 0 Å². The molecule has 0 rings (SSSR count). The molecule has 0 aliphatic heterocycles. The molecule has 0 saturated carbocycles. The van der Waals surface area contributed by atoms with Crippen LogP contribution in [0.25, 0.3) is 0 Å². The fraction of sp³-hybridized carbons (Fsp3) is 0.286. The summed E-state index contributed by atoms with van der Waals surface area (Å²) in [6.45, 7) is 19.8. The summed E-state index contributed by atoms with van der Waals surface area (Å²) in [5, 5.41) is 0. The van der Waals surface area contributed by atoms with E-state index in [-0.39, 0.29) is 0 Å². The van der Waals surface area contributed by atoms with Gasteiger partial charge in [-0.15, -0.1) is 13.2 Å². The summed E-state index contributed by atoms with van der Waals surface area (Å²) in [5.74, 6) is 0.436. The maximum atomic E-state index is 3.93. The minimum atomic E-state index is 0.436. The van der Waals surface area contributed by atoms with Crippen molar-refractivity contribution in [3.63, 3.8) is 0 Å². The molecule has 0 radical (unpaired) electrons. The molecule has 0 nitrogen and oxygen atoms in total. The molecule has 0 bridgehead atoms. The van der Waals surface area contributed by atoms with Crippen LogP contribution in [-0.2, 0) is 0 Å². The Morgan fingerprint density at radius 2 is 1.79 bits per heavy atom. The molecule has 0 saturated heterocycles. The van der Waals surface area contributed by atoms with Gasteiger partial charge in [0.1, 0.15) is 0 Å². The number of hydrogen-bond acceptors (Lipinski definition) is 0. The van der Waals surface area contributed by atoms with Crippen molar-refractivity contribution in [2.24, 2.45) is 5.92 Å². The highest BCUT2D eigenvalue weighted by Crippen LogP contribution is 2.19. The molecule has 0 aromatic heterocycles. The van der Waals surface area contributed by atoms with Crippen LogP contribution in [-0.4, -0.2) is 0 Å². The number of hydrogen-bond donors (Lipinski definition) is 0. The van der Waals surface area contributed by atoms with E-state index >= 15 is 0 Å². The van der Waals surface area contributed by atoms with Gasteiger partial charge in [-0.25, -0.2) is 0 Å². The molecule has 1 atom stereocenters. The zero-order valence-electron chi connectivity index (χ0n) is 9.72. The lowest BCUT2D eigenvalue weighted by molar-refractivity contribution is 0.871. The maximum Gasteiger partial charge on any atom is -0.000814 e. The first-order valence-corrected chi connectivity index (χ1v) is 4.74. The molecule has 0 heterocycles. The zero-order chi connectivity index (χ0) is 11.6. The summed E-state index contributed by atoms with van der Waals surface area (Å²) in [6.07, 6.45) is 8.05. The van der Waals surface area contributed by atoms with Gasteiger partial charge in [0.05, 0.1) is 0 Å². The minimum Gasteiger partial charge on any atom is -0.106 e. The highest BCUT2D eigenvalue weighted by molar-refractivity contribution is 5.33. The lowest BCUT2D eigenvalue weighted by Gasteiger charge is -2.10. The summed E-state index contributed by atoms with van der Waals surface area (Å²) in [7, 11) is 0. The topological polar surface area (TPSA) is 0 Å². The van der Waals surface area contributed by atoms with Gasteiger partial charge in [-0.2, -0.15) is 0 Å². The van der Waals surface area contributed by atoms with Crippen molar-refractivity contribution in [3.05, 3.63) is 61.8 Å². The van der Waals surface area contributed by atoms with E-state index in [1.54, 1.807) is 0 Å². The van der Waals surface area contributed by atoms with Crippen molar-refractivity contribution < 1.29 is 0 Å². The van der Waals surface area contributed by atoms with Gasteiger partial charge in [-0.1, -0.05) is 50.0 Å². The molecule has 0 spiro atoms. The lowest BCUT2D eigenvalue weighted by Crippen LogP contribution is -1.96. The summed E-state index contributed by atoms with van der Waals surface area (Å²) in [5.41, 5.74) is 2.36. The first-order chi connectivity index (χ1) is 6.63. The monoisotopic (exact) mass is 190 g/mol. The molecule has 0 amide bonds. The fourth-order valence-electron chi connectivity index (χ4n) is 1.20. The Morgan fingerprint density at radius 1 is 1.29 bits per heavy atom. The Hall–Kier alpha value is -1.30. The highest BCUT2D eigenvalue weighted by atomic mass is 14.1. The molecule has 0 aromatic rings. The smallest absolute Gasteiger partial charge is 0.000814 e. The minimum absolute atomic E-state index is 0.436. The third kappa shape index (κ3) is 6.24. The van der Waals surface area contributed by atoms with Crippen molar-refractivity contribution in [1.29, 1.82) is 0 Å².